The van der Waals surface area contributed by atoms with Crippen LogP contribution in [0.1, 0.15) is 42.1 Å². The van der Waals surface area contributed by atoms with Crippen molar-refractivity contribution >= 4 is 29.4 Å². The number of hydrogen-bond acceptors (Lipinski definition) is 7. The van der Waals surface area contributed by atoms with Crippen molar-refractivity contribution in [3.8, 4) is 0 Å². The van der Waals surface area contributed by atoms with Gasteiger partial charge in [-0.05, 0) is 67.6 Å². The Bertz CT molecular complexity index is 898. The number of rotatable bonds is 6. The molecular weight excluding hydrogens is 354 g/mol. The first-order chi connectivity index (χ1) is 13.4. The van der Waals surface area contributed by atoms with Crippen LogP contribution in [0.15, 0.2) is 18.2 Å². The van der Waals surface area contributed by atoms with E-state index in [9.17, 15) is 4.79 Å². The Kier molecular flexibility index (Phi) is 4.78. The van der Waals surface area contributed by atoms with Crippen LogP contribution in [0.2, 0.25) is 0 Å². The number of aromatic nitrogens is 3. The van der Waals surface area contributed by atoms with Crippen LogP contribution >= 0.6 is 0 Å². The van der Waals surface area contributed by atoms with Gasteiger partial charge in [-0.15, -0.1) is 0 Å². The minimum Gasteiger partial charge on any atom is -0.368 e. The van der Waals surface area contributed by atoms with Gasteiger partial charge in [-0.3, -0.25) is 4.79 Å². The van der Waals surface area contributed by atoms with E-state index in [1.807, 2.05) is 13.0 Å². The maximum Gasteiger partial charge on any atom is 0.248 e. The van der Waals surface area contributed by atoms with Gasteiger partial charge in [0, 0.05) is 17.8 Å². The number of primary amides is 1. The maximum absolute atomic E-state index is 11.4. The number of anilines is 4. The van der Waals surface area contributed by atoms with Crippen molar-refractivity contribution in [1.82, 2.24) is 15.0 Å². The van der Waals surface area contributed by atoms with Gasteiger partial charge in [-0.2, -0.15) is 15.0 Å². The molecular formula is C20H27N7O. The van der Waals surface area contributed by atoms with Gasteiger partial charge in [-0.25, -0.2) is 0 Å². The van der Waals surface area contributed by atoms with Crippen molar-refractivity contribution < 1.29 is 4.79 Å². The monoisotopic (exact) mass is 381 g/mol. The van der Waals surface area contributed by atoms with Crippen LogP contribution in [-0.4, -0.2) is 27.4 Å². The molecule has 28 heavy (non-hydrogen) atoms. The summed E-state index contributed by atoms with van der Waals surface area (Å²) >= 11 is 0. The van der Waals surface area contributed by atoms with Gasteiger partial charge in [-0.1, -0.05) is 13.0 Å². The number of benzene rings is 1. The zero-order valence-electron chi connectivity index (χ0n) is 16.3. The highest BCUT2D eigenvalue weighted by atomic mass is 16.1. The molecule has 8 nitrogen and oxygen atoms in total. The molecule has 3 fully saturated rings. The molecule has 0 spiro atoms. The molecule has 148 valence electrons. The van der Waals surface area contributed by atoms with Gasteiger partial charge < -0.3 is 22.1 Å². The number of aryl methyl sites for hydroxylation is 1. The molecule has 1 aromatic heterocycles. The highest BCUT2D eigenvalue weighted by Gasteiger charge is 2.45. The standard InChI is InChI=1S/C20H27N7O/c1-10-3-4-13(17(21)28)8-16(10)24-20-26-18(22)25-19(27-20)23-9-14-6-5-12-7-15(14)11(12)2/h3-4,8,11-12,14-15H,5-7,9H2,1-2H3,(H2,21,28)(H4,22,23,24,25,26,27)/t11?,12-,14+,15-/m1/s1. The van der Waals surface area contributed by atoms with E-state index in [0.29, 0.717) is 29.1 Å². The third-order valence-electron chi connectivity index (χ3n) is 6.45. The molecule has 0 aliphatic heterocycles. The fourth-order valence-electron chi connectivity index (χ4n) is 4.61. The summed E-state index contributed by atoms with van der Waals surface area (Å²) in [6.45, 7) is 5.14. The zero-order valence-corrected chi connectivity index (χ0v) is 16.3. The summed E-state index contributed by atoms with van der Waals surface area (Å²) in [5.41, 5.74) is 13.3. The first kappa shape index (κ1) is 18.5. The lowest BCUT2D eigenvalue weighted by Gasteiger charge is -2.52. The van der Waals surface area contributed by atoms with Gasteiger partial charge >= 0.3 is 0 Å². The van der Waals surface area contributed by atoms with Gasteiger partial charge in [0.05, 0.1) is 0 Å². The molecule has 3 aliphatic carbocycles. The van der Waals surface area contributed by atoms with Gasteiger partial charge in [0.15, 0.2) is 0 Å². The average molecular weight is 381 g/mol. The molecule has 3 aliphatic rings. The van der Waals surface area contributed by atoms with Crippen LogP contribution in [0, 0.1) is 30.6 Å². The van der Waals surface area contributed by atoms with Crippen LogP contribution in [0.25, 0.3) is 0 Å². The van der Waals surface area contributed by atoms with Crippen molar-refractivity contribution in [2.75, 3.05) is 22.9 Å². The lowest BCUT2D eigenvalue weighted by Crippen LogP contribution is -2.46. The Hall–Kier alpha value is -2.90. The first-order valence-corrected chi connectivity index (χ1v) is 9.83. The molecule has 0 saturated heterocycles. The second-order valence-corrected chi connectivity index (χ2v) is 8.10. The van der Waals surface area contributed by atoms with Crippen LogP contribution in [0.4, 0.5) is 23.5 Å². The van der Waals surface area contributed by atoms with E-state index in [1.165, 1.54) is 19.3 Å². The van der Waals surface area contributed by atoms with Crippen molar-refractivity contribution in [2.24, 2.45) is 29.4 Å². The maximum atomic E-state index is 11.4. The molecule has 1 aromatic carbocycles. The number of carbonyl (C=O) groups excluding carboxylic acids is 1. The summed E-state index contributed by atoms with van der Waals surface area (Å²) < 4.78 is 0. The fourth-order valence-corrected chi connectivity index (χ4v) is 4.61. The Morgan fingerprint density at radius 3 is 2.71 bits per heavy atom. The molecule has 2 bridgehead atoms. The first-order valence-electron chi connectivity index (χ1n) is 9.83. The molecule has 0 radical (unpaired) electrons. The smallest absolute Gasteiger partial charge is 0.248 e. The van der Waals surface area contributed by atoms with E-state index < -0.39 is 5.91 Å². The number of nitrogens with two attached hydrogens (primary N) is 2. The third kappa shape index (κ3) is 3.58. The molecule has 5 rings (SSSR count). The molecule has 6 N–H and O–H groups in total. The fraction of sp³-hybridized carbons (Fsp3) is 0.500. The second-order valence-electron chi connectivity index (χ2n) is 8.10. The number of fused-ring (bicyclic) bond motifs is 2. The SMILES string of the molecule is Cc1ccc(C(N)=O)cc1Nc1nc(N)nc(NC[C@@H]2CC[C@@H]3C[C@@H]2C3C)n1. The Labute approximate surface area is 164 Å². The van der Waals surface area contributed by atoms with Gasteiger partial charge in [0.25, 0.3) is 0 Å². The molecule has 1 amide bonds. The summed E-state index contributed by atoms with van der Waals surface area (Å²) in [7, 11) is 0. The van der Waals surface area contributed by atoms with Gasteiger partial charge in [0.1, 0.15) is 0 Å². The van der Waals surface area contributed by atoms with Crippen molar-refractivity contribution in [2.45, 2.75) is 33.1 Å². The Morgan fingerprint density at radius 1 is 1.21 bits per heavy atom. The van der Waals surface area contributed by atoms with Crippen LogP contribution in [0.5, 0.6) is 0 Å². The Balaban J connectivity index is 1.47. The van der Waals surface area contributed by atoms with Crippen LogP contribution in [0.3, 0.4) is 0 Å². The largest absolute Gasteiger partial charge is 0.368 e. The lowest BCUT2D eigenvalue weighted by atomic mass is 9.54. The van der Waals surface area contributed by atoms with E-state index in [-0.39, 0.29) is 5.95 Å². The van der Waals surface area contributed by atoms with E-state index >= 15 is 0 Å². The molecule has 3 saturated carbocycles. The average Bonchev–Trinajstić information content (AvgIpc) is 2.67. The number of hydrogen-bond donors (Lipinski definition) is 4. The quantitative estimate of drug-likeness (QED) is 0.605. The minimum atomic E-state index is -0.486. The van der Waals surface area contributed by atoms with Crippen LogP contribution in [-0.2, 0) is 0 Å². The topological polar surface area (TPSA) is 132 Å². The summed E-state index contributed by atoms with van der Waals surface area (Å²) in [5, 5.41) is 6.47. The molecule has 1 heterocycles. The Morgan fingerprint density at radius 2 is 2.00 bits per heavy atom. The lowest BCUT2D eigenvalue weighted by molar-refractivity contribution is -0.0181. The third-order valence-corrected chi connectivity index (χ3v) is 6.45. The number of nitrogens with one attached hydrogen (secondary N) is 2. The predicted octanol–water partition coefficient (Wildman–Crippen LogP) is 2.70. The minimum absolute atomic E-state index is 0.143. The van der Waals surface area contributed by atoms with Crippen molar-refractivity contribution in [3.05, 3.63) is 29.3 Å². The van der Waals surface area contributed by atoms with Crippen molar-refractivity contribution in [3.63, 3.8) is 0 Å². The predicted molar refractivity (Wildman–Crippen MR) is 109 cm³/mol. The zero-order chi connectivity index (χ0) is 19.8. The van der Waals surface area contributed by atoms with Crippen LogP contribution < -0.4 is 22.1 Å². The van der Waals surface area contributed by atoms with Crippen molar-refractivity contribution in [1.29, 1.82) is 0 Å². The molecule has 4 atom stereocenters. The van der Waals surface area contributed by atoms with E-state index in [1.54, 1.807) is 12.1 Å². The number of carbonyl (C=O) groups is 1. The summed E-state index contributed by atoms with van der Waals surface area (Å²) in [6, 6.07) is 5.19. The highest BCUT2D eigenvalue weighted by Crippen LogP contribution is 2.53. The van der Waals surface area contributed by atoms with E-state index in [0.717, 1.165) is 29.9 Å². The number of amides is 1. The van der Waals surface area contributed by atoms with E-state index in [2.05, 4.69) is 32.5 Å². The van der Waals surface area contributed by atoms with Gasteiger partial charge in [0.2, 0.25) is 23.8 Å². The highest BCUT2D eigenvalue weighted by molar-refractivity contribution is 5.94. The summed E-state index contributed by atoms with van der Waals surface area (Å²) in [6.07, 6.45) is 3.94. The molecule has 2 aromatic rings. The molecule has 1 unspecified atom stereocenters. The summed E-state index contributed by atoms with van der Waals surface area (Å²) in [4.78, 5) is 24.3. The number of nitrogens with zero attached hydrogens (tertiary/aromatic N) is 3. The second kappa shape index (κ2) is 7.26. The normalized spacial score (nSPS) is 25.6. The molecule has 8 heteroatoms. The summed E-state index contributed by atoms with van der Waals surface area (Å²) in [5.74, 6) is 3.69. The van der Waals surface area contributed by atoms with E-state index in [4.69, 9.17) is 11.5 Å². The number of nitrogen functional groups attached to an aromatic ring is 1.